The van der Waals surface area contributed by atoms with Crippen molar-refractivity contribution < 1.29 is 0 Å². The van der Waals surface area contributed by atoms with Crippen LogP contribution >= 0.6 is 15.9 Å². The molecule has 0 N–H and O–H groups in total. The third-order valence-corrected chi connectivity index (χ3v) is 0.982. The summed E-state index contributed by atoms with van der Waals surface area (Å²) in [5, 5.41) is 1.13. The van der Waals surface area contributed by atoms with E-state index in [1.165, 1.54) is 7.28 Å². The lowest BCUT2D eigenvalue weighted by atomic mass is 9.87. The van der Waals surface area contributed by atoms with Crippen molar-refractivity contribution in [1.29, 1.82) is 0 Å². The van der Waals surface area contributed by atoms with Gasteiger partial charge >= 0.3 is 0 Å². The lowest BCUT2D eigenvalue weighted by molar-refractivity contribution is 2.10. The van der Waals surface area contributed by atoms with Gasteiger partial charge in [0, 0.05) is 0 Å². The van der Waals surface area contributed by atoms with E-state index in [1.807, 2.05) is 0 Å². The first-order valence-corrected chi connectivity index (χ1v) is 2.60. The lowest BCUT2D eigenvalue weighted by Gasteiger charge is -1.61. The van der Waals surface area contributed by atoms with Gasteiger partial charge in [-0.3, -0.25) is 0 Å². The van der Waals surface area contributed by atoms with Crippen LogP contribution < -0.4 is 0 Å². The number of alkyl halides is 1. The molecule has 0 aliphatic rings. The first kappa shape index (κ1) is 4.54. The van der Waals surface area contributed by atoms with Crippen LogP contribution in [0.15, 0.2) is 0 Å². The van der Waals surface area contributed by atoms with E-state index in [4.69, 9.17) is 0 Å². The maximum Gasteiger partial charge on any atom is 0.130 e. The highest BCUT2D eigenvalue weighted by atomic mass is 79.9. The zero-order valence-electron chi connectivity index (χ0n) is 2.79. The number of hydrogen-bond acceptors (Lipinski definition) is 0. The quantitative estimate of drug-likeness (QED) is 0.355. The van der Waals surface area contributed by atoms with E-state index in [0.717, 1.165) is 5.23 Å². The Kier molecular flexibility index (Phi) is 4.03. The van der Waals surface area contributed by atoms with Gasteiger partial charge in [-0.2, -0.15) is 0 Å². The second-order valence-electron chi connectivity index (χ2n) is 0.689. The number of rotatable bonds is 1. The van der Waals surface area contributed by atoms with Crippen molar-refractivity contribution in [2.24, 2.45) is 0 Å². The predicted octanol–water partition coefficient (Wildman–Crippen LogP) is 0.823. The molecule has 0 aliphatic carbocycles. The average Bonchev–Trinajstić information content (AvgIpc) is 1.37. The van der Waals surface area contributed by atoms with E-state index in [2.05, 4.69) is 22.8 Å². The van der Waals surface area contributed by atoms with Crippen LogP contribution in [0, 0.1) is 0 Å². The standard InChI is InChI=1S/C2H6BBr/c1-3-2-4/h3H,2H2,1H3. The summed E-state index contributed by atoms with van der Waals surface area (Å²) in [6.45, 7) is 2.13. The fourth-order valence-electron chi connectivity index (χ4n) is 0. The molecule has 0 aromatic rings. The Morgan fingerprint density at radius 1 is 2.00 bits per heavy atom. The molecular formula is C2H6BBr. The molecule has 0 radical (unpaired) electrons. The SMILES string of the molecule is CBCBr. The zero-order chi connectivity index (χ0) is 3.41. The molecule has 24 valence electrons. The zero-order valence-corrected chi connectivity index (χ0v) is 4.38. The third kappa shape index (κ3) is 2.54. The van der Waals surface area contributed by atoms with Crippen molar-refractivity contribution in [3.05, 3.63) is 0 Å². The molecule has 0 fully saturated rings. The van der Waals surface area contributed by atoms with Gasteiger partial charge < -0.3 is 0 Å². The minimum atomic E-state index is 1.13. The van der Waals surface area contributed by atoms with Gasteiger partial charge in [-0.05, 0) is 5.23 Å². The van der Waals surface area contributed by atoms with Crippen molar-refractivity contribution in [3.8, 4) is 0 Å². The molecule has 2 heteroatoms. The molecule has 0 saturated carbocycles. The molecule has 0 spiro atoms. The van der Waals surface area contributed by atoms with Gasteiger partial charge in [0.05, 0.1) is 0 Å². The molecule has 0 nitrogen and oxygen atoms in total. The van der Waals surface area contributed by atoms with E-state index in [-0.39, 0.29) is 0 Å². The number of hydrogen-bond donors (Lipinski definition) is 0. The third-order valence-electron chi connectivity index (χ3n) is 0.189. The van der Waals surface area contributed by atoms with Crippen LogP contribution in [-0.2, 0) is 0 Å². The van der Waals surface area contributed by atoms with Crippen molar-refractivity contribution in [1.82, 2.24) is 0 Å². The van der Waals surface area contributed by atoms with E-state index in [1.54, 1.807) is 0 Å². The van der Waals surface area contributed by atoms with Gasteiger partial charge in [-0.15, -0.1) is 15.9 Å². The van der Waals surface area contributed by atoms with Crippen LogP contribution in [0.5, 0.6) is 0 Å². The van der Waals surface area contributed by atoms with Crippen LogP contribution in [0.2, 0.25) is 6.82 Å². The van der Waals surface area contributed by atoms with Gasteiger partial charge in [-0.1, -0.05) is 6.82 Å². The normalized spacial score (nSPS) is 6.50. The molecule has 0 atom stereocenters. The van der Waals surface area contributed by atoms with E-state index >= 15 is 0 Å². The minimum Gasteiger partial charge on any atom is -0.102 e. The summed E-state index contributed by atoms with van der Waals surface area (Å²) in [7, 11) is 1.24. The maximum absolute atomic E-state index is 3.25. The fourth-order valence-corrected chi connectivity index (χ4v) is 0. The Bertz CT molecular complexity index is 8.00. The highest BCUT2D eigenvalue weighted by Gasteiger charge is 1.64. The summed E-state index contributed by atoms with van der Waals surface area (Å²) in [4.78, 5) is 0. The topological polar surface area (TPSA) is 0 Å². The summed E-state index contributed by atoms with van der Waals surface area (Å²) in [6, 6.07) is 0. The molecular weight excluding hydrogens is 115 g/mol. The van der Waals surface area contributed by atoms with Crippen LogP contribution in [0.25, 0.3) is 0 Å². The highest BCUT2D eigenvalue weighted by Crippen LogP contribution is 1.69. The van der Waals surface area contributed by atoms with Crippen molar-refractivity contribution in [2.75, 3.05) is 5.23 Å². The predicted molar refractivity (Wildman–Crippen MR) is 26.8 cm³/mol. The molecule has 0 amide bonds. The monoisotopic (exact) mass is 120 g/mol. The summed E-state index contributed by atoms with van der Waals surface area (Å²) in [6.07, 6.45) is 0. The van der Waals surface area contributed by atoms with E-state index in [0.29, 0.717) is 0 Å². The largest absolute Gasteiger partial charge is 0.130 e. The van der Waals surface area contributed by atoms with Gasteiger partial charge in [0.1, 0.15) is 7.28 Å². The number of halogens is 1. The average molecular weight is 121 g/mol. The second-order valence-corrected chi connectivity index (χ2v) is 1.48. The maximum atomic E-state index is 3.25. The van der Waals surface area contributed by atoms with Crippen LogP contribution in [0.4, 0.5) is 0 Å². The van der Waals surface area contributed by atoms with E-state index < -0.39 is 0 Å². The van der Waals surface area contributed by atoms with Crippen LogP contribution in [0.1, 0.15) is 0 Å². The summed E-state index contributed by atoms with van der Waals surface area (Å²) >= 11 is 3.25. The second kappa shape index (κ2) is 3.54. The fraction of sp³-hybridized carbons (Fsp3) is 1.00. The van der Waals surface area contributed by atoms with Crippen molar-refractivity contribution in [2.45, 2.75) is 6.82 Å². The summed E-state index contributed by atoms with van der Waals surface area (Å²) in [5.74, 6) is 0. The molecule has 0 aliphatic heterocycles. The smallest absolute Gasteiger partial charge is 0.102 e. The first-order chi connectivity index (χ1) is 1.91. The Labute approximate surface area is 36.0 Å². The Morgan fingerprint density at radius 3 is 2.25 bits per heavy atom. The minimum absolute atomic E-state index is 1.13. The van der Waals surface area contributed by atoms with Gasteiger partial charge in [0.25, 0.3) is 0 Å². The molecule has 0 heterocycles. The Morgan fingerprint density at radius 2 is 2.25 bits per heavy atom. The Balaban J connectivity index is 1.97. The van der Waals surface area contributed by atoms with Crippen molar-refractivity contribution in [3.63, 3.8) is 0 Å². The summed E-state index contributed by atoms with van der Waals surface area (Å²) in [5.41, 5.74) is 0. The molecule has 0 bridgehead atoms. The van der Waals surface area contributed by atoms with Gasteiger partial charge in [0.15, 0.2) is 0 Å². The molecule has 0 unspecified atom stereocenters. The molecule has 0 saturated heterocycles. The van der Waals surface area contributed by atoms with Crippen molar-refractivity contribution >= 4 is 23.2 Å². The van der Waals surface area contributed by atoms with Gasteiger partial charge in [0.2, 0.25) is 0 Å². The summed E-state index contributed by atoms with van der Waals surface area (Å²) < 4.78 is 0. The Hall–Kier alpha value is 0.545. The first-order valence-electron chi connectivity index (χ1n) is 1.47. The van der Waals surface area contributed by atoms with E-state index in [9.17, 15) is 0 Å². The van der Waals surface area contributed by atoms with Crippen LogP contribution in [-0.4, -0.2) is 12.5 Å². The molecule has 4 heavy (non-hydrogen) atoms. The van der Waals surface area contributed by atoms with Gasteiger partial charge in [-0.25, -0.2) is 0 Å². The molecule has 0 rings (SSSR count). The molecule has 0 aromatic carbocycles. The van der Waals surface area contributed by atoms with Crippen LogP contribution in [0.3, 0.4) is 0 Å². The highest BCUT2D eigenvalue weighted by molar-refractivity contribution is 9.09. The lowest BCUT2D eigenvalue weighted by Crippen LogP contribution is -1.75. The molecule has 0 aromatic heterocycles.